The van der Waals surface area contributed by atoms with E-state index in [1.165, 1.54) is 22.3 Å². The predicted octanol–water partition coefficient (Wildman–Crippen LogP) is 3.77. The van der Waals surface area contributed by atoms with E-state index in [0.717, 1.165) is 24.6 Å². The van der Waals surface area contributed by atoms with E-state index >= 15 is 0 Å². The van der Waals surface area contributed by atoms with Gasteiger partial charge in [0.2, 0.25) is 0 Å². The summed E-state index contributed by atoms with van der Waals surface area (Å²) < 4.78 is 5.60. The minimum atomic E-state index is 0.746. The second-order valence-corrected chi connectivity index (χ2v) is 4.80. The van der Waals surface area contributed by atoms with E-state index in [-0.39, 0.29) is 0 Å². The van der Waals surface area contributed by atoms with Crippen LogP contribution in [0.5, 0.6) is 5.75 Å². The van der Waals surface area contributed by atoms with Gasteiger partial charge in [0.25, 0.3) is 0 Å². The predicted molar refractivity (Wildman–Crippen MR) is 75.3 cm³/mol. The van der Waals surface area contributed by atoms with Crippen molar-refractivity contribution in [3.63, 3.8) is 0 Å². The summed E-state index contributed by atoms with van der Waals surface area (Å²) in [6, 6.07) is 12.9. The van der Waals surface area contributed by atoms with Crippen molar-refractivity contribution in [3.05, 3.63) is 47.5 Å². The molecule has 0 spiro atoms. The molecule has 18 heavy (non-hydrogen) atoms. The average molecular weight is 239 g/mol. The molecule has 0 saturated heterocycles. The largest absolute Gasteiger partial charge is 0.490 e. The molecule has 0 fully saturated rings. The molecule has 0 aromatic heterocycles. The number of hydrogen-bond donors (Lipinski definition) is 1. The number of hydrogen-bond acceptors (Lipinski definition) is 2. The summed E-state index contributed by atoms with van der Waals surface area (Å²) in [6.07, 6.45) is 0. The first-order chi connectivity index (χ1) is 8.74. The Bertz CT molecular complexity index is 590. The minimum Gasteiger partial charge on any atom is -0.490 e. The third-order valence-corrected chi connectivity index (χ3v) is 3.35. The van der Waals surface area contributed by atoms with Crippen LogP contribution in [0.4, 0.5) is 5.69 Å². The molecule has 2 heteroatoms. The van der Waals surface area contributed by atoms with Crippen molar-refractivity contribution in [1.29, 1.82) is 0 Å². The Kier molecular flexibility index (Phi) is 2.71. The van der Waals surface area contributed by atoms with Crippen LogP contribution in [-0.2, 0) is 0 Å². The van der Waals surface area contributed by atoms with E-state index in [2.05, 4.69) is 55.6 Å². The minimum absolute atomic E-state index is 0.746. The molecule has 0 unspecified atom stereocenters. The lowest BCUT2D eigenvalue weighted by Crippen LogP contribution is -2.17. The van der Waals surface area contributed by atoms with Crippen LogP contribution in [0.1, 0.15) is 11.1 Å². The fraction of sp³-hybridized carbons (Fsp3) is 0.250. The summed E-state index contributed by atoms with van der Waals surface area (Å²) in [5.41, 5.74) is 6.24. The van der Waals surface area contributed by atoms with Gasteiger partial charge in [-0.15, -0.1) is 0 Å². The van der Waals surface area contributed by atoms with E-state index < -0.39 is 0 Å². The second kappa shape index (κ2) is 4.37. The van der Waals surface area contributed by atoms with Crippen LogP contribution in [-0.4, -0.2) is 13.2 Å². The zero-order valence-electron chi connectivity index (χ0n) is 10.8. The third-order valence-electron chi connectivity index (χ3n) is 3.35. The fourth-order valence-corrected chi connectivity index (χ4v) is 2.45. The van der Waals surface area contributed by atoms with Gasteiger partial charge in [-0.05, 0) is 42.7 Å². The molecule has 0 bridgehead atoms. The molecule has 0 atom stereocenters. The fourth-order valence-electron chi connectivity index (χ4n) is 2.45. The van der Waals surface area contributed by atoms with E-state index in [1.54, 1.807) is 0 Å². The number of ether oxygens (including phenoxy) is 1. The smallest absolute Gasteiger partial charge is 0.142 e. The maximum atomic E-state index is 5.60. The molecule has 2 aromatic carbocycles. The molecule has 2 aromatic rings. The van der Waals surface area contributed by atoms with E-state index in [1.807, 2.05) is 0 Å². The van der Waals surface area contributed by atoms with Crippen molar-refractivity contribution in [3.8, 4) is 16.9 Å². The zero-order valence-corrected chi connectivity index (χ0v) is 10.8. The standard InChI is InChI=1S/C16H17NO/c1-11-3-5-14(12(2)9-11)13-4-6-16-15(10-13)17-7-8-18-16/h3-6,9-10,17H,7-8H2,1-2H3. The van der Waals surface area contributed by atoms with Gasteiger partial charge in [-0.1, -0.05) is 29.8 Å². The molecular formula is C16H17NO. The van der Waals surface area contributed by atoms with Crippen LogP contribution in [0.2, 0.25) is 0 Å². The Morgan fingerprint density at radius 2 is 1.94 bits per heavy atom. The summed E-state index contributed by atoms with van der Waals surface area (Å²) >= 11 is 0. The first kappa shape index (κ1) is 11.1. The maximum absolute atomic E-state index is 5.60. The molecule has 0 saturated carbocycles. The molecule has 92 valence electrons. The summed E-state index contributed by atoms with van der Waals surface area (Å²) in [6.45, 7) is 5.91. The highest BCUT2D eigenvalue weighted by atomic mass is 16.5. The van der Waals surface area contributed by atoms with Gasteiger partial charge >= 0.3 is 0 Å². The molecule has 1 heterocycles. The molecule has 3 rings (SSSR count). The molecule has 1 aliphatic rings. The molecule has 1 N–H and O–H groups in total. The lowest BCUT2D eigenvalue weighted by Gasteiger charge is -2.20. The molecule has 0 radical (unpaired) electrons. The Morgan fingerprint density at radius 3 is 2.78 bits per heavy atom. The van der Waals surface area contributed by atoms with Gasteiger partial charge in [0.05, 0.1) is 5.69 Å². The van der Waals surface area contributed by atoms with Crippen molar-refractivity contribution >= 4 is 5.69 Å². The van der Waals surface area contributed by atoms with Gasteiger partial charge in [-0.2, -0.15) is 0 Å². The Labute approximate surface area is 108 Å². The van der Waals surface area contributed by atoms with Gasteiger partial charge in [-0.25, -0.2) is 0 Å². The number of anilines is 1. The summed E-state index contributed by atoms with van der Waals surface area (Å²) in [7, 11) is 0. The molecule has 1 aliphatic heterocycles. The van der Waals surface area contributed by atoms with Crippen LogP contribution < -0.4 is 10.1 Å². The molecule has 0 aliphatic carbocycles. The van der Waals surface area contributed by atoms with Gasteiger partial charge < -0.3 is 10.1 Å². The SMILES string of the molecule is Cc1ccc(-c2ccc3c(c2)NCCO3)c(C)c1. The lowest BCUT2D eigenvalue weighted by molar-refractivity contribution is 0.323. The molecule has 0 amide bonds. The highest BCUT2D eigenvalue weighted by Crippen LogP contribution is 2.33. The van der Waals surface area contributed by atoms with Crippen LogP contribution >= 0.6 is 0 Å². The van der Waals surface area contributed by atoms with Crippen LogP contribution in [0.15, 0.2) is 36.4 Å². The summed E-state index contributed by atoms with van der Waals surface area (Å²) in [4.78, 5) is 0. The Morgan fingerprint density at radius 1 is 1.06 bits per heavy atom. The second-order valence-electron chi connectivity index (χ2n) is 4.80. The lowest BCUT2D eigenvalue weighted by atomic mass is 9.98. The van der Waals surface area contributed by atoms with E-state index in [0.29, 0.717) is 0 Å². The number of fused-ring (bicyclic) bond motifs is 1. The number of benzene rings is 2. The van der Waals surface area contributed by atoms with Crippen molar-refractivity contribution in [2.45, 2.75) is 13.8 Å². The van der Waals surface area contributed by atoms with Crippen molar-refractivity contribution in [1.82, 2.24) is 0 Å². The topological polar surface area (TPSA) is 21.3 Å². The van der Waals surface area contributed by atoms with Gasteiger partial charge in [-0.3, -0.25) is 0 Å². The van der Waals surface area contributed by atoms with Gasteiger partial charge in [0.15, 0.2) is 0 Å². The van der Waals surface area contributed by atoms with Gasteiger partial charge in [0, 0.05) is 6.54 Å². The summed E-state index contributed by atoms with van der Waals surface area (Å²) in [5, 5.41) is 3.38. The number of rotatable bonds is 1. The first-order valence-corrected chi connectivity index (χ1v) is 6.32. The Balaban J connectivity index is 2.06. The maximum Gasteiger partial charge on any atom is 0.142 e. The highest BCUT2D eigenvalue weighted by Gasteiger charge is 2.11. The highest BCUT2D eigenvalue weighted by molar-refractivity contribution is 5.74. The quantitative estimate of drug-likeness (QED) is 0.817. The molecular weight excluding hydrogens is 222 g/mol. The number of nitrogens with one attached hydrogen (secondary N) is 1. The summed E-state index contributed by atoms with van der Waals surface area (Å²) in [5.74, 6) is 0.953. The first-order valence-electron chi connectivity index (χ1n) is 6.32. The van der Waals surface area contributed by atoms with Gasteiger partial charge in [0.1, 0.15) is 12.4 Å². The van der Waals surface area contributed by atoms with Crippen molar-refractivity contribution in [2.24, 2.45) is 0 Å². The van der Waals surface area contributed by atoms with Crippen LogP contribution in [0.3, 0.4) is 0 Å². The third kappa shape index (κ3) is 1.94. The monoisotopic (exact) mass is 239 g/mol. The molecule has 2 nitrogen and oxygen atoms in total. The van der Waals surface area contributed by atoms with E-state index in [4.69, 9.17) is 4.74 Å². The van der Waals surface area contributed by atoms with E-state index in [9.17, 15) is 0 Å². The van der Waals surface area contributed by atoms with Crippen LogP contribution in [0, 0.1) is 13.8 Å². The average Bonchev–Trinajstić information content (AvgIpc) is 2.38. The normalized spacial score (nSPS) is 13.4. The number of aryl methyl sites for hydroxylation is 2. The Hall–Kier alpha value is -1.96. The van der Waals surface area contributed by atoms with Crippen molar-refractivity contribution in [2.75, 3.05) is 18.5 Å². The van der Waals surface area contributed by atoms with Crippen LogP contribution in [0.25, 0.3) is 11.1 Å². The van der Waals surface area contributed by atoms with Crippen molar-refractivity contribution < 1.29 is 4.74 Å². The zero-order chi connectivity index (χ0) is 12.5.